The maximum atomic E-state index is 12.7. The zero-order valence-corrected chi connectivity index (χ0v) is 20.2. The third-order valence-corrected chi connectivity index (χ3v) is 5.69. The lowest BCUT2D eigenvalue weighted by Crippen LogP contribution is -2.46. The van der Waals surface area contributed by atoms with Gasteiger partial charge in [-0.2, -0.15) is 5.26 Å². The first-order chi connectivity index (χ1) is 16.7. The topological polar surface area (TPSA) is 113 Å². The summed E-state index contributed by atoms with van der Waals surface area (Å²) in [6.45, 7) is 6.66. The number of nitrogens with zero attached hydrogens (tertiary/aromatic N) is 2. The summed E-state index contributed by atoms with van der Waals surface area (Å²) in [4.78, 5) is 37.9. The highest BCUT2D eigenvalue weighted by Gasteiger charge is 2.27. The van der Waals surface area contributed by atoms with Crippen LogP contribution in [0.15, 0.2) is 60.7 Å². The standard InChI is InChI=1S/C27H28N4O4/c1-17(2)24(30-26(33)20-11-7-5-8-12-20)27(34)35-16-23(32)29-25-22(15-28)18(3)19(4)31(25)21-13-9-6-10-14-21/h5-14,17,24H,16H2,1-4H3,(H,29,32)(H,30,33)/t24-/m0/s1. The minimum atomic E-state index is -0.928. The van der Waals surface area contributed by atoms with Crippen molar-refractivity contribution in [1.29, 1.82) is 5.26 Å². The quantitative estimate of drug-likeness (QED) is 0.483. The van der Waals surface area contributed by atoms with E-state index in [0.29, 0.717) is 16.9 Å². The molecule has 0 fully saturated rings. The Labute approximate surface area is 204 Å². The van der Waals surface area contributed by atoms with Crippen LogP contribution in [0.25, 0.3) is 5.69 Å². The number of nitrogens with one attached hydrogen (secondary N) is 2. The van der Waals surface area contributed by atoms with Gasteiger partial charge in [-0.3, -0.25) is 14.2 Å². The van der Waals surface area contributed by atoms with E-state index >= 15 is 0 Å². The molecule has 0 aliphatic heterocycles. The second-order valence-electron chi connectivity index (χ2n) is 8.43. The van der Waals surface area contributed by atoms with Crippen LogP contribution in [0.3, 0.4) is 0 Å². The molecule has 3 aromatic rings. The average Bonchev–Trinajstić information content (AvgIpc) is 3.10. The molecule has 0 unspecified atom stereocenters. The summed E-state index contributed by atoms with van der Waals surface area (Å²) in [7, 11) is 0. The normalized spacial score (nSPS) is 11.4. The van der Waals surface area contributed by atoms with E-state index in [-0.39, 0.29) is 5.92 Å². The Bertz CT molecular complexity index is 1260. The van der Waals surface area contributed by atoms with Crippen molar-refractivity contribution in [2.45, 2.75) is 33.7 Å². The number of anilines is 1. The van der Waals surface area contributed by atoms with E-state index in [0.717, 1.165) is 16.9 Å². The fourth-order valence-electron chi connectivity index (χ4n) is 3.67. The van der Waals surface area contributed by atoms with Gasteiger partial charge in [-0.05, 0) is 49.6 Å². The third-order valence-electron chi connectivity index (χ3n) is 5.69. The van der Waals surface area contributed by atoms with Crippen molar-refractivity contribution in [3.63, 3.8) is 0 Å². The van der Waals surface area contributed by atoms with Gasteiger partial charge in [-0.25, -0.2) is 4.79 Å². The number of amides is 2. The fourth-order valence-corrected chi connectivity index (χ4v) is 3.67. The molecule has 8 nitrogen and oxygen atoms in total. The summed E-state index contributed by atoms with van der Waals surface area (Å²) >= 11 is 0. The second kappa shape index (κ2) is 11.2. The highest BCUT2D eigenvalue weighted by molar-refractivity contribution is 5.98. The highest BCUT2D eigenvalue weighted by Crippen LogP contribution is 2.29. The van der Waals surface area contributed by atoms with Gasteiger partial charge in [0.15, 0.2) is 6.61 Å². The lowest BCUT2D eigenvalue weighted by Gasteiger charge is -2.21. The number of para-hydroxylation sites is 1. The Balaban J connectivity index is 1.72. The van der Waals surface area contributed by atoms with Crippen LogP contribution < -0.4 is 10.6 Å². The van der Waals surface area contributed by atoms with Crippen molar-refractivity contribution >= 4 is 23.6 Å². The lowest BCUT2D eigenvalue weighted by atomic mass is 10.0. The van der Waals surface area contributed by atoms with Gasteiger partial charge in [0.1, 0.15) is 17.9 Å². The summed E-state index contributed by atoms with van der Waals surface area (Å²) in [5.41, 5.74) is 3.09. The van der Waals surface area contributed by atoms with E-state index in [1.165, 1.54) is 0 Å². The molecule has 2 N–H and O–H groups in total. The van der Waals surface area contributed by atoms with Gasteiger partial charge in [0.05, 0.1) is 5.56 Å². The molecule has 0 spiro atoms. The van der Waals surface area contributed by atoms with Crippen molar-refractivity contribution in [2.24, 2.45) is 5.92 Å². The monoisotopic (exact) mass is 472 g/mol. The van der Waals surface area contributed by atoms with E-state index < -0.39 is 30.4 Å². The van der Waals surface area contributed by atoms with E-state index in [1.807, 2.05) is 44.2 Å². The number of rotatable bonds is 8. The number of benzene rings is 2. The molecule has 0 aliphatic carbocycles. The van der Waals surface area contributed by atoms with Gasteiger partial charge in [-0.15, -0.1) is 0 Å². The van der Waals surface area contributed by atoms with Crippen LogP contribution in [0.5, 0.6) is 0 Å². The number of hydrogen-bond acceptors (Lipinski definition) is 5. The molecule has 0 aliphatic rings. The van der Waals surface area contributed by atoms with Crippen LogP contribution >= 0.6 is 0 Å². The molecule has 1 aromatic heterocycles. The largest absolute Gasteiger partial charge is 0.454 e. The molecule has 0 saturated carbocycles. The summed E-state index contributed by atoms with van der Waals surface area (Å²) < 4.78 is 7.02. The SMILES string of the molecule is Cc1c(C#N)c(NC(=O)COC(=O)[C@@H](NC(=O)c2ccccc2)C(C)C)n(-c2ccccc2)c1C. The molecule has 1 atom stereocenters. The van der Waals surface area contributed by atoms with E-state index in [4.69, 9.17) is 4.74 Å². The summed E-state index contributed by atoms with van der Waals surface area (Å²) in [5, 5.41) is 15.1. The molecular weight excluding hydrogens is 444 g/mol. The number of carbonyl (C=O) groups is 3. The van der Waals surface area contributed by atoms with Crippen LogP contribution in [0.4, 0.5) is 5.82 Å². The smallest absolute Gasteiger partial charge is 0.329 e. The zero-order valence-electron chi connectivity index (χ0n) is 20.2. The number of hydrogen-bond donors (Lipinski definition) is 2. The first kappa shape index (κ1) is 25.2. The predicted molar refractivity (Wildman–Crippen MR) is 132 cm³/mol. The lowest BCUT2D eigenvalue weighted by molar-refractivity contribution is -0.150. The van der Waals surface area contributed by atoms with Crippen LogP contribution in [0, 0.1) is 31.1 Å². The summed E-state index contributed by atoms with van der Waals surface area (Å²) in [6.07, 6.45) is 0. The summed E-state index contributed by atoms with van der Waals surface area (Å²) in [5.74, 6) is -1.67. The molecule has 35 heavy (non-hydrogen) atoms. The van der Waals surface area contributed by atoms with Crippen LogP contribution in [-0.4, -0.2) is 35.0 Å². The Kier molecular flexibility index (Phi) is 8.05. The summed E-state index contributed by atoms with van der Waals surface area (Å²) in [6, 6.07) is 19.1. The molecule has 0 radical (unpaired) electrons. The van der Waals surface area contributed by atoms with Crippen molar-refractivity contribution in [1.82, 2.24) is 9.88 Å². The van der Waals surface area contributed by atoms with Crippen LogP contribution in [-0.2, 0) is 14.3 Å². The number of ether oxygens (including phenoxy) is 1. The molecule has 2 amide bonds. The van der Waals surface area contributed by atoms with Gasteiger partial charge in [0.2, 0.25) is 0 Å². The van der Waals surface area contributed by atoms with Crippen molar-refractivity contribution in [2.75, 3.05) is 11.9 Å². The predicted octanol–water partition coefficient (Wildman–Crippen LogP) is 3.90. The molecular formula is C27H28N4O4. The molecule has 1 heterocycles. The van der Waals surface area contributed by atoms with Gasteiger partial charge in [0, 0.05) is 16.9 Å². The number of aromatic nitrogens is 1. The van der Waals surface area contributed by atoms with E-state index in [9.17, 15) is 19.6 Å². The fraction of sp³-hybridized carbons (Fsp3) is 0.259. The maximum absolute atomic E-state index is 12.7. The first-order valence-electron chi connectivity index (χ1n) is 11.2. The Hall–Kier alpha value is -4.38. The van der Waals surface area contributed by atoms with Gasteiger partial charge in [0.25, 0.3) is 11.8 Å². The first-order valence-corrected chi connectivity index (χ1v) is 11.2. The highest BCUT2D eigenvalue weighted by atomic mass is 16.5. The maximum Gasteiger partial charge on any atom is 0.329 e. The van der Waals surface area contributed by atoms with Crippen molar-refractivity contribution in [3.8, 4) is 11.8 Å². The van der Waals surface area contributed by atoms with E-state index in [1.54, 1.807) is 48.7 Å². The van der Waals surface area contributed by atoms with Crippen LogP contribution in [0.1, 0.15) is 41.0 Å². The van der Waals surface area contributed by atoms with Crippen molar-refractivity contribution in [3.05, 3.63) is 83.0 Å². The van der Waals surface area contributed by atoms with Gasteiger partial charge >= 0.3 is 5.97 Å². The Morgan fingerprint density at radius 3 is 2.17 bits per heavy atom. The molecule has 3 rings (SSSR count). The Morgan fingerprint density at radius 2 is 1.60 bits per heavy atom. The molecule has 0 saturated heterocycles. The number of esters is 1. The zero-order chi connectivity index (χ0) is 25.5. The third kappa shape index (κ3) is 5.76. The minimum Gasteiger partial charge on any atom is -0.454 e. The average molecular weight is 473 g/mol. The van der Waals surface area contributed by atoms with Crippen molar-refractivity contribution < 1.29 is 19.1 Å². The minimum absolute atomic E-state index is 0.260. The molecule has 2 aromatic carbocycles. The van der Waals surface area contributed by atoms with Crippen LogP contribution in [0.2, 0.25) is 0 Å². The van der Waals surface area contributed by atoms with Gasteiger partial charge in [-0.1, -0.05) is 50.2 Å². The van der Waals surface area contributed by atoms with E-state index in [2.05, 4.69) is 16.7 Å². The molecule has 0 bridgehead atoms. The Morgan fingerprint density at radius 1 is 1.00 bits per heavy atom. The molecule has 180 valence electrons. The van der Waals surface area contributed by atoms with Gasteiger partial charge < -0.3 is 15.4 Å². The number of carbonyl (C=O) groups excluding carboxylic acids is 3. The number of nitriles is 1. The molecule has 8 heteroatoms. The second-order valence-corrected chi connectivity index (χ2v) is 8.43.